The van der Waals surface area contributed by atoms with Crippen LogP contribution in [0.25, 0.3) is 0 Å². The maximum atomic E-state index is 13.6. The van der Waals surface area contributed by atoms with Crippen molar-refractivity contribution in [3.63, 3.8) is 0 Å². The van der Waals surface area contributed by atoms with E-state index in [4.69, 9.17) is 5.26 Å². The molecule has 0 bridgehead atoms. The summed E-state index contributed by atoms with van der Waals surface area (Å²) < 4.78 is 18.2. The zero-order valence-electron chi connectivity index (χ0n) is 10.6. The lowest BCUT2D eigenvalue weighted by atomic mass is 10.2. The number of nitrogens with one attached hydrogen (secondary N) is 1. The molecule has 2 rings (SSSR count). The van der Waals surface area contributed by atoms with Crippen molar-refractivity contribution in [3.05, 3.63) is 51.5 Å². The SMILES string of the molecule is COC(=O)c1ccc(F)c(NCc2cc(C#N)cs2)c1. The lowest BCUT2D eigenvalue weighted by Crippen LogP contribution is -2.05. The summed E-state index contributed by atoms with van der Waals surface area (Å²) in [5, 5.41) is 13.4. The van der Waals surface area contributed by atoms with Crippen LogP contribution in [0.15, 0.2) is 29.6 Å². The molecule has 0 spiro atoms. The Morgan fingerprint density at radius 3 is 2.95 bits per heavy atom. The number of hydrogen-bond donors (Lipinski definition) is 1. The van der Waals surface area contributed by atoms with Crippen LogP contribution in [0.5, 0.6) is 0 Å². The fourth-order valence-corrected chi connectivity index (χ4v) is 2.37. The maximum Gasteiger partial charge on any atom is 0.337 e. The van der Waals surface area contributed by atoms with Crippen LogP contribution in [0.2, 0.25) is 0 Å². The molecule has 0 aliphatic carbocycles. The fraction of sp³-hybridized carbons (Fsp3) is 0.143. The molecule has 0 saturated carbocycles. The monoisotopic (exact) mass is 290 g/mol. The number of rotatable bonds is 4. The normalized spacial score (nSPS) is 9.85. The van der Waals surface area contributed by atoms with Gasteiger partial charge in [-0.2, -0.15) is 5.26 Å². The second-order valence-corrected chi connectivity index (χ2v) is 4.95. The van der Waals surface area contributed by atoms with Crippen molar-refractivity contribution in [3.8, 4) is 6.07 Å². The van der Waals surface area contributed by atoms with Crippen LogP contribution < -0.4 is 5.32 Å². The Hall–Kier alpha value is -2.39. The Labute approximate surface area is 119 Å². The van der Waals surface area contributed by atoms with Gasteiger partial charge < -0.3 is 10.1 Å². The number of methoxy groups -OCH3 is 1. The van der Waals surface area contributed by atoms with Crippen LogP contribution >= 0.6 is 11.3 Å². The molecule has 0 saturated heterocycles. The molecule has 0 unspecified atom stereocenters. The standard InChI is InChI=1S/C14H11FN2O2S/c1-19-14(18)10-2-3-12(15)13(5-10)17-7-11-4-9(6-16)8-20-11/h2-5,8,17H,7H2,1H3. The molecule has 4 nitrogen and oxygen atoms in total. The molecular weight excluding hydrogens is 279 g/mol. The molecule has 0 fully saturated rings. The summed E-state index contributed by atoms with van der Waals surface area (Å²) in [5.41, 5.74) is 1.08. The van der Waals surface area contributed by atoms with E-state index < -0.39 is 11.8 Å². The predicted molar refractivity (Wildman–Crippen MR) is 74.1 cm³/mol. The van der Waals surface area contributed by atoms with E-state index in [9.17, 15) is 9.18 Å². The minimum atomic E-state index is -0.518. The van der Waals surface area contributed by atoms with Crippen molar-refractivity contribution in [2.45, 2.75) is 6.54 Å². The van der Waals surface area contributed by atoms with Crippen LogP contribution in [0.1, 0.15) is 20.8 Å². The lowest BCUT2D eigenvalue weighted by Gasteiger charge is -2.08. The number of carbonyl (C=O) groups excluding carboxylic acids is 1. The Kier molecular flexibility index (Phi) is 4.33. The average Bonchev–Trinajstić information content (AvgIpc) is 2.93. The van der Waals surface area contributed by atoms with Gasteiger partial charge in [0, 0.05) is 16.8 Å². The van der Waals surface area contributed by atoms with Crippen molar-refractivity contribution < 1.29 is 13.9 Å². The highest BCUT2D eigenvalue weighted by Crippen LogP contribution is 2.20. The van der Waals surface area contributed by atoms with Gasteiger partial charge in [0.2, 0.25) is 0 Å². The first kappa shape index (κ1) is 14.0. The minimum Gasteiger partial charge on any atom is -0.465 e. The van der Waals surface area contributed by atoms with E-state index in [-0.39, 0.29) is 11.3 Å². The zero-order chi connectivity index (χ0) is 14.5. The summed E-state index contributed by atoms with van der Waals surface area (Å²) in [7, 11) is 1.27. The van der Waals surface area contributed by atoms with E-state index >= 15 is 0 Å². The van der Waals surface area contributed by atoms with Gasteiger partial charge in [-0.15, -0.1) is 11.3 Å². The number of benzene rings is 1. The minimum absolute atomic E-state index is 0.222. The van der Waals surface area contributed by atoms with Crippen molar-refractivity contribution in [1.29, 1.82) is 5.26 Å². The number of ether oxygens (including phenoxy) is 1. The average molecular weight is 290 g/mol. The Balaban J connectivity index is 2.12. The lowest BCUT2D eigenvalue weighted by molar-refractivity contribution is 0.0600. The van der Waals surface area contributed by atoms with Gasteiger partial charge in [-0.25, -0.2) is 9.18 Å². The third kappa shape index (κ3) is 3.13. The van der Waals surface area contributed by atoms with E-state index in [2.05, 4.69) is 10.1 Å². The number of carbonyl (C=O) groups is 1. The molecule has 1 aromatic carbocycles. The van der Waals surface area contributed by atoms with E-state index in [1.165, 1.54) is 36.6 Å². The first-order valence-corrected chi connectivity index (χ1v) is 6.61. The first-order valence-electron chi connectivity index (χ1n) is 5.73. The van der Waals surface area contributed by atoms with Gasteiger partial charge in [-0.1, -0.05) is 0 Å². The maximum absolute atomic E-state index is 13.6. The highest BCUT2D eigenvalue weighted by atomic mass is 32.1. The molecule has 102 valence electrons. The molecule has 0 aliphatic rings. The molecule has 0 amide bonds. The number of hydrogen-bond acceptors (Lipinski definition) is 5. The van der Waals surface area contributed by atoms with Crippen molar-refractivity contribution in [2.75, 3.05) is 12.4 Å². The van der Waals surface area contributed by atoms with Crippen LogP contribution in [0.3, 0.4) is 0 Å². The van der Waals surface area contributed by atoms with Crippen LogP contribution in [0.4, 0.5) is 10.1 Å². The second-order valence-electron chi connectivity index (χ2n) is 3.95. The molecule has 20 heavy (non-hydrogen) atoms. The van der Waals surface area contributed by atoms with Crippen LogP contribution in [-0.4, -0.2) is 13.1 Å². The van der Waals surface area contributed by atoms with Gasteiger partial charge in [0.1, 0.15) is 11.9 Å². The van der Waals surface area contributed by atoms with Crippen LogP contribution in [0, 0.1) is 17.1 Å². The largest absolute Gasteiger partial charge is 0.465 e. The third-order valence-electron chi connectivity index (χ3n) is 2.62. The van der Waals surface area contributed by atoms with Crippen LogP contribution in [-0.2, 0) is 11.3 Å². The van der Waals surface area contributed by atoms with E-state index in [0.29, 0.717) is 12.1 Å². The molecule has 1 aromatic heterocycles. The highest BCUT2D eigenvalue weighted by Gasteiger charge is 2.10. The molecule has 0 aliphatic heterocycles. The summed E-state index contributed by atoms with van der Waals surface area (Å²) in [5.74, 6) is -0.967. The summed E-state index contributed by atoms with van der Waals surface area (Å²) in [6.45, 7) is 0.383. The second kappa shape index (κ2) is 6.17. The number of anilines is 1. The Bertz CT molecular complexity index is 676. The summed E-state index contributed by atoms with van der Waals surface area (Å²) in [6.07, 6.45) is 0. The number of halogens is 1. The number of nitrogens with zero attached hydrogens (tertiary/aromatic N) is 1. The van der Waals surface area contributed by atoms with Crippen molar-refractivity contribution >= 4 is 23.0 Å². The molecule has 6 heteroatoms. The number of thiophene rings is 1. The van der Waals surface area contributed by atoms with Crippen molar-refractivity contribution in [1.82, 2.24) is 0 Å². The van der Waals surface area contributed by atoms with Gasteiger partial charge in [-0.3, -0.25) is 0 Å². The quantitative estimate of drug-likeness (QED) is 0.879. The van der Waals surface area contributed by atoms with Gasteiger partial charge in [-0.05, 0) is 24.3 Å². The number of nitriles is 1. The van der Waals surface area contributed by atoms with E-state index in [1.807, 2.05) is 6.07 Å². The molecule has 2 aromatic rings. The third-order valence-corrected chi connectivity index (χ3v) is 3.56. The van der Waals surface area contributed by atoms with Gasteiger partial charge in [0.05, 0.1) is 23.9 Å². The summed E-state index contributed by atoms with van der Waals surface area (Å²) >= 11 is 1.42. The van der Waals surface area contributed by atoms with Gasteiger partial charge in [0.25, 0.3) is 0 Å². The predicted octanol–water partition coefficient (Wildman–Crippen LogP) is 3.16. The van der Waals surface area contributed by atoms with E-state index in [0.717, 1.165) is 4.88 Å². The number of esters is 1. The molecule has 1 heterocycles. The topological polar surface area (TPSA) is 62.1 Å². The molecule has 0 radical (unpaired) electrons. The fourth-order valence-electron chi connectivity index (χ4n) is 1.62. The van der Waals surface area contributed by atoms with Gasteiger partial charge in [0.15, 0.2) is 0 Å². The molecular formula is C14H11FN2O2S. The Morgan fingerprint density at radius 1 is 1.50 bits per heavy atom. The highest BCUT2D eigenvalue weighted by molar-refractivity contribution is 7.10. The molecule has 1 N–H and O–H groups in total. The van der Waals surface area contributed by atoms with Crippen molar-refractivity contribution in [2.24, 2.45) is 0 Å². The van der Waals surface area contributed by atoms with Gasteiger partial charge >= 0.3 is 5.97 Å². The summed E-state index contributed by atoms with van der Waals surface area (Å²) in [6, 6.07) is 7.75. The first-order chi connectivity index (χ1) is 9.63. The smallest absolute Gasteiger partial charge is 0.337 e. The summed E-state index contributed by atoms with van der Waals surface area (Å²) in [4.78, 5) is 12.3. The Morgan fingerprint density at radius 2 is 2.30 bits per heavy atom. The zero-order valence-corrected chi connectivity index (χ0v) is 11.5. The molecule has 0 atom stereocenters. The van der Waals surface area contributed by atoms with E-state index in [1.54, 1.807) is 11.4 Å².